The van der Waals surface area contributed by atoms with Crippen LogP contribution in [0.25, 0.3) is 16.7 Å². The van der Waals surface area contributed by atoms with Gasteiger partial charge in [0.15, 0.2) is 0 Å². The highest BCUT2D eigenvalue weighted by atomic mass is 32.2. The Kier molecular flexibility index (Phi) is 7.32. The van der Waals surface area contributed by atoms with Gasteiger partial charge >= 0.3 is 11.9 Å². The molecule has 39 heavy (non-hydrogen) atoms. The number of nitrogens with one attached hydrogen (secondary N) is 1. The summed E-state index contributed by atoms with van der Waals surface area (Å²) in [6.07, 6.45) is 6.39. The van der Waals surface area contributed by atoms with Crippen molar-refractivity contribution in [1.29, 1.82) is 0 Å². The van der Waals surface area contributed by atoms with Crippen LogP contribution >= 0.6 is 11.8 Å². The molecule has 5 rings (SSSR count). The van der Waals surface area contributed by atoms with E-state index < -0.39 is 5.97 Å². The molecule has 1 N–H and O–H groups in total. The number of carbonyl (C=O) groups excluding carboxylic acids is 2. The van der Waals surface area contributed by atoms with Gasteiger partial charge in [-0.15, -0.1) is 11.8 Å². The number of furan rings is 1. The summed E-state index contributed by atoms with van der Waals surface area (Å²) >= 11 is 1.54. The average Bonchev–Trinajstić information content (AvgIpc) is 3.58. The van der Waals surface area contributed by atoms with Gasteiger partial charge in [0.05, 0.1) is 23.8 Å². The summed E-state index contributed by atoms with van der Waals surface area (Å²) < 4.78 is 22.2. The largest absolute Gasteiger partial charge is 0.496 e. The molecule has 3 heterocycles. The second-order valence-corrected chi connectivity index (χ2v) is 11.7. The minimum Gasteiger partial charge on any atom is -0.496 e. The second-order valence-electron chi connectivity index (χ2n) is 10.2. The molecule has 1 aromatic heterocycles. The molecule has 2 aliphatic rings. The maximum Gasteiger partial charge on any atom is 0.379 e. The smallest absolute Gasteiger partial charge is 0.379 e. The Morgan fingerprint density at radius 2 is 1.92 bits per heavy atom. The van der Waals surface area contributed by atoms with Gasteiger partial charge in [-0.3, -0.25) is 0 Å². The SMILES string of the molecule is COc1cc(OC(=O)c2ccco2)ccc1-c1ccc2c(c1COC(=O)C1=CCC(C)S1)C(C)=CC(C)(C)N2. The Balaban J connectivity index is 1.52. The lowest BCUT2D eigenvalue weighted by molar-refractivity contribution is -0.139. The third-order valence-corrected chi connectivity index (χ3v) is 7.83. The number of fused-ring (bicyclic) bond motifs is 1. The molecule has 0 aliphatic carbocycles. The van der Waals surface area contributed by atoms with E-state index in [1.807, 2.05) is 24.3 Å². The fourth-order valence-corrected chi connectivity index (χ4v) is 6.01. The molecule has 0 fully saturated rings. The summed E-state index contributed by atoms with van der Waals surface area (Å²) in [4.78, 5) is 26.0. The lowest BCUT2D eigenvalue weighted by atomic mass is 9.85. The van der Waals surface area contributed by atoms with Gasteiger partial charge in [-0.1, -0.05) is 25.1 Å². The van der Waals surface area contributed by atoms with E-state index in [4.69, 9.17) is 18.6 Å². The Morgan fingerprint density at radius 3 is 2.62 bits per heavy atom. The van der Waals surface area contributed by atoms with E-state index >= 15 is 0 Å². The molecular weight excluding hydrogens is 514 g/mol. The molecule has 0 spiro atoms. The van der Waals surface area contributed by atoms with Gasteiger partial charge in [-0.05, 0) is 68.7 Å². The number of hydrogen-bond donors (Lipinski definition) is 1. The fourth-order valence-electron chi connectivity index (χ4n) is 5.04. The zero-order valence-electron chi connectivity index (χ0n) is 22.6. The molecule has 0 radical (unpaired) electrons. The standard InChI is InChI=1S/C31H31NO6S/c1-18-16-31(3,4)32-24-12-11-21(23(28(18)24)17-37-30(34)27-13-8-19(2)39-27)22-10-9-20(15-26(22)35-5)38-29(33)25-7-6-14-36-25/h6-7,9-16,19,32H,8,17H2,1-5H3. The van der Waals surface area contributed by atoms with Crippen molar-refractivity contribution in [2.75, 3.05) is 12.4 Å². The third kappa shape index (κ3) is 5.61. The zero-order chi connectivity index (χ0) is 27.7. The van der Waals surface area contributed by atoms with Gasteiger partial charge in [0.1, 0.15) is 18.1 Å². The Morgan fingerprint density at radius 1 is 1.13 bits per heavy atom. The van der Waals surface area contributed by atoms with Crippen LogP contribution in [0.3, 0.4) is 0 Å². The molecule has 0 bridgehead atoms. The van der Waals surface area contributed by atoms with Gasteiger partial charge in [-0.2, -0.15) is 0 Å². The number of ether oxygens (including phenoxy) is 3. The van der Waals surface area contributed by atoms with Crippen molar-refractivity contribution in [3.05, 3.63) is 82.7 Å². The van der Waals surface area contributed by atoms with Crippen molar-refractivity contribution in [2.45, 2.75) is 51.5 Å². The predicted octanol–water partition coefficient (Wildman–Crippen LogP) is 7.23. The van der Waals surface area contributed by atoms with Crippen LogP contribution in [0.2, 0.25) is 0 Å². The van der Waals surface area contributed by atoms with Crippen molar-refractivity contribution in [3.63, 3.8) is 0 Å². The Labute approximate surface area is 232 Å². The van der Waals surface area contributed by atoms with Crippen LogP contribution in [0.1, 0.15) is 55.8 Å². The molecule has 8 heteroatoms. The number of hydrogen-bond acceptors (Lipinski definition) is 8. The number of thioether (sulfide) groups is 1. The van der Waals surface area contributed by atoms with Crippen LogP contribution in [-0.4, -0.2) is 29.8 Å². The normalized spacial score (nSPS) is 17.4. The lowest BCUT2D eigenvalue weighted by Gasteiger charge is -2.33. The van der Waals surface area contributed by atoms with Crippen molar-refractivity contribution in [3.8, 4) is 22.6 Å². The van der Waals surface area contributed by atoms with Crippen LogP contribution in [0, 0.1) is 0 Å². The number of esters is 2. The van der Waals surface area contributed by atoms with Gasteiger partial charge < -0.3 is 23.9 Å². The van der Waals surface area contributed by atoms with Gasteiger partial charge in [-0.25, -0.2) is 9.59 Å². The minimum absolute atomic E-state index is 0.0926. The van der Waals surface area contributed by atoms with E-state index in [-0.39, 0.29) is 23.9 Å². The van der Waals surface area contributed by atoms with E-state index in [0.29, 0.717) is 21.7 Å². The third-order valence-electron chi connectivity index (χ3n) is 6.65. The van der Waals surface area contributed by atoms with Crippen molar-refractivity contribution in [1.82, 2.24) is 0 Å². The van der Waals surface area contributed by atoms with Crippen LogP contribution in [0.4, 0.5) is 5.69 Å². The van der Waals surface area contributed by atoms with Crippen LogP contribution in [0.15, 0.2) is 70.2 Å². The molecule has 0 amide bonds. The summed E-state index contributed by atoms with van der Waals surface area (Å²) in [5.41, 5.74) is 5.35. The average molecular weight is 546 g/mol. The molecule has 2 aliphatic heterocycles. The first-order valence-corrected chi connectivity index (χ1v) is 13.6. The highest BCUT2D eigenvalue weighted by molar-refractivity contribution is 8.04. The number of carbonyl (C=O) groups is 2. The fraction of sp³-hybridized carbons (Fsp3) is 0.290. The topological polar surface area (TPSA) is 87.0 Å². The molecule has 0 saturated carbocycles. The van der Waals surface area contributed by atoms with Crippen molar-refractivity contribution < 1.29 is 28.2 Å². The molecular formula is C31H31NO6S. The Hall–Kier alpha value is -3.91. The quantitative estimate of drug-likeness (QED) is 0.246. The molecule has 0 saturated heterocycles. The number of rotatable bonds is 7. The van der Waals surface area contributed by atoms with Crippen LogP contribution < -0.4 is 14.8 Å². The minimum atomic E-state index is -0.598. The van der Waals surface area contributed by atoms with Gasteiger partial charge in [0.2, 0.25) is 5.76 Å². The molecule has 3 aromatic rings. The first-order valence-electron chi connectivity index (χ1n) is 12.8. The highest BCUT2D eigenvalue weighted by Crippen LogP contribution is 2.44. The maximum absolute atomic E-state index is 12.9. The van der Waals surface area contributed by atoms with Crippen LogP contribution in [-0.2, 0) is 16.1 Å². The summed E-state index contributed by atoms with van der Waals surface area (Å²) in [5, 5.41) is 3.95. The molecule has 202 valence electrons. The van der Waals surface area contributed by atoms with Gasteiger partial charge in [0, 0.05) is 33.7 Å². The molecule has 2 aromatic carbocycles. The van der Waals surface area contributed by atoms with Crippen LogP contribution in [0.5, 0.6) is 11.5 Å². The summed E-state index contributed by atoms with van der Waals surface area (Å²) in [6.45, 7) is 8.49. The monoisotopic (exact) mass is 545 g/mol. The highest BCUT2D eigenvalue weighted by Gasteiger charge is 2.28. The number of methoxy groups -OCH3 is 1. The molecule has 1 atom stereocenters. The lowest BCUT2D eigenvalue weighted by Crippen LogP contribution is -2.32. The first kappa shape index (κ1) is 26.7. The van der Waals surface area contributed by atoms with E-state index in [1.165, 1.54) is 6.26 Å². The maximum atomic E-state index is 12.9. The number of benzene rings is 2. The van der Waals surface area contributed by atoms with Crippen molar-refractivity contribution in [2.24, 2.45) is 0 Å². The second kappa shape index (κ2) is 10.7. The predicted molar refractivity (Wildman–Crippen MR) is 153 cm³/mol. The first-order chi connectivity index (χ1) is 18.6. The summed E-state index contributed by atoms with van der Waals surface area (Å²) in [6, 6.07) is 12.4. The molecule has 7 nitrogen and oxygen atoms in total. The summed E-state index contributed by atoms with van der Waals surface area (Å²) in [7, 11) is 1.56. The number of allylic oxidation sites excluding steroid dienone is 2. The van der Waals surface area contributed by atoms with Crippen molar-refractivity contribution >= 4 is 35.0 Å². The summed E-state index contributed by atoms with van der Waals surface area (Å²) in [5.74, 6) is 0.0342. The van der Waals surface area contributed by atoms with E-state index in [9.17, 15) is 9.59 Å². The zero-order valence-corrected chi connectivity index (χ0v) is 23.4. The molecule has 1 unspecified atom stereocenters. The Bertz CT molecular complexity index is 1480. The number of anilines is 1. The van der Waals surface area contributed by atoms with Gasteiger partial charge in [0.25, 0.3) is 0 Å². The van der Waals surface area contributed by atoms with E-state index in [2.05, 4.69) is 39.1 Å². The van der Waals surface area contributed by atoms with E-state index in [0.717, 1.165) is 39.9 Å². The van der Waals surface area contributed by atoms with E-state index in [1.54, 1.807) is 43.1 Å².